The Kier molecular flexibility index (Phi) is 7.24. The predicted octanol–water partition coefficient (Wildman–Crippen LogP) is 5.13. The number of hydrogen-bond donors (Lipinski definition) is 3. The molecule has 0 fully saturated rings. The lowest BCUT2D eigenvalue weighted by Gasteiger charge is -2.19. The molecular weight excluding hydrogens is 354 g/mol. The lowest BCUT2D eigenvalue weighted by atomic mass is 9.89. The van der Waals surface area contributed by atoms with Crippen LogP contribution in [-0.4, -0.2) is 23.2 Å². The molecule has 0 bridgehead atoms. The summed E-state index contributed by atoms with van der Waals surface area (Å²) >= 11 is 0. The highest BCUT2D eigenvalue weighted by Crippen LogP contribution is 2.44. The zero-order chi connectivity index (χ0) is 20.8. The summed E-state index contributed by atoms with van der Waals surface area (Å²) in [7, 11) is 1.34. The zero-order valence-corrected chi connectivity index (χ0v) is 17.1. The van der Waals surface area contributed by atoms with Gasteiger partial charge in [-0.3, -0.25) is 9.63 Å². The van der Waals surface area contributed by atoms with Gasteiger partial charge in [0.1, 0.15) is 11.5 Å². The molecule has 2 rings (SSSR count). The van der Waals surface area contributed by atoms with Gasteiger partial charge in [0.2, 0.25) is 0 Å². The van der Waals surface area contributed by atoms with Crippen molar-refractivity contribution in [3.05, 3.63) is 53.1 Å². The lowest BCUT2D eigenvalue weighted by Crippen LogP contribution is -2.23. The number of hydrogen-bond acceptors (Lipinski definition) is 4. The van der Waals surface area contributed by atoms with Gasteiger partial charge in [-0.1, -0.05) is 55.7 Å². The van der Waals surface area contributed by atoms with E-state index in [1.165, 1.54) is 7.11 Å². The van der Waals surface area contributed by atoms with E-state index in [0.29, 0.717) is 17.5 Å². The Bertz CT molecular complexity index is 887. The number of allylic oxidation sites excluding steroid dienone is 1. The number of benzene rings is 2. The third-order valence-electron chi connectivity index (χ3n) is 4.74. The molecule has 2 aromatic carbocycles. The second kappa shape index (κ2) is 9.42. The molecule has 28 heavy (non-hydrogen) atoms. The maximum absolute atomic E-state index is 12.6. The number of nitrogens with one attached hydrogen (secondary N) is 1. The summed E-state index contributed by atoms with van der Waals surface area (Å²) in [5, 5.41) is 21.8. The minimum Gasteiger partial charge on any atom is -0.507 e. The van der Waals surface area contributed by atoms with Gasteiger partial charge in [0.15, 0.2) is 0 Å². The van der Waals surface area contributed by atoms with Crippen LogP contribution in [0, 0.1) is 6.92 Å². The van der Waals surface area contributed by atoms with E-state index in [9.17, 15) is 15.0 Å². The number of phenols is 2. The highest BCUT2D eigenvalue weighted by atomic mass is 16.6. The first-order valence-electron chi connectivity index (χ1n) is 9.49. The summed E-state index contributed by atoms with van der Waals surface area (Å²) in [6.07, 6.45) is 3.44. The highest BCUT2D eigenvalue weighted by Gasteiger charge is 2.25. The van der Waals surface area contributed by atoms with Gasteiger partial charge in [-0.2, -0.15) is 0 Å². The molecule has 0 atom stereocenters. The highest BCUT2D eigenvalue weighted by molar-refractivity contribution is 6.02. The first-order chi connectivity index (χ1) is 13.3. The molecule has 0 aliphatic rings. The van der Waals surface area contributed by atoms with Gasteiger partial charge in [-0.05, 0) is 49.4 Å². The zero-order valence-electron chi connectivity index (χ0n) is 17.1. The summed E-state index contributed by atoms with van der Waals surface area (Å²) in [5.41, 5.74) is 6.41. The number of aromatic hydroxyl groups is 2. The van der Waals surface area contributed by atoms with Crippen LogP contribution in [0.3, 0.4) is 0 Å². The third kappa shape index (κ3) is 4.54. The summed E-state index contributed by atoms with van der Waals surface area (Å²) in [4.78, 5) is 17.4. The SMILES string of the molecule is C=C(C)c1ccc(C)cc1-c1c(O)cc(CCCCC)c(C(=O)NOC)c1O. The molecule has 150 valence electrons. The Morgan fingerprint density at radius 1 is 1.21 bits per heavy atom. The van der Waals surface area contributed by atoms with Gasteiger partial charge in [0, 0.05) is 0 Å². The minimum atomic E-state index is -0.544. The molecule has 5 nitrogen and oxygen atoms in total. The summed E-state index contributed by atoms with van der Waals surface area (Å²) in [6.45, 7) is 9.87. The summed E-state index contributed by atoms with van der Waals surface area (Å²) in [5.74, 6) is -0.863. The molecule has 0 saturated heterocycles. The van der Waals surface area contributed by atoms with E-state index in [2.05, 4.69) is 19.0 Å². The number of phenolic OH excluding ortho intramolecular Hbond substituents is 2. The van der Waals surface area contributed by atoms with Crippen LogP contribution in [-0.2, 0) is 11.3 Å². The van der Waals surface area contributed by atoms with E-state index in [1.807, 2.05) is 32.0 Å². The average molecular weight is 383 g/mol. The fourth-order valence-electron chi connectivity index (χ4n) is 3.37. The topological polar surface area (TPSA) is 78.8 Å². The Morgan fingerprint density at radius 3 is 2.54 bits per heavy atom. The van der Waals surface area contributed by atoms with Gasteiger partial charge in [-0.15, -0.1) is 0 Å². The van der Waals surface area contributed by atoms with Crippen molar-refractivity contribution in [3.63, 3.8) is 0 Å². The van der Waals surface area contributed by atoms with Crippen molar-refractivity contribution in [1.82, 2.24) is 5.48 Å². The van der Waals surface area contributed by atoms with Crippen molar-refractivity contribution in [3.8, 4) is 22.6 Å². The second-order valence-corrected chi connectivity index (χ2v) is 7.08. The minimum absolute atomic E-state index is 0.0638. The van der Waals surface area contributed by atoms with Crippen LogP contribution in [0.25, 0.3) is 16.7 Å². The Labute approximate surface area is 166 Å². The molecule has 0 aromatic heterocycles. The molecule has 2 aromatic rings. The maximum Gasteiger partial charge on any atom is 0.278 e. The standard InChI is InChI=1S/C23H29NO4/c1-6-7-8-9-16-13-19(25)21(22(26)20(16)23(27)24-28-5)18-12-15(4)10-11-17(18)14(2)3/h10-13,25-26H,2,6-9H2,1,3-5H3,(H,24,27). The number of amides is 1. The van der Waals surface area contributed by atoms with Gasteiger partial charge < -0.3 is 10.2 Å². The Morgan fingerprint density at radius 2 is 1.93 bits per heavy atom. The number of rotatable bonds is 8. The number of unbranched alkanes of at least 4 members (excludes halogenated alkanes) is 2. The second-order valence-electron chi connectivity index (χ2n) is 7.08. The van der Waals surface area contributed by atoms with E-state index < -0.39 is 5.91 Å². The van der Waals surface area contributed by atoms with Crippen molar-refractivity contribution in [1.29, 1.82) is 0 Å². The van der Waals surface area contributed by atoms with Crippen molar-refractivity contribution in [2.45, 2.75) is 46.5 Å². The lowest BCUT2D eigenvalue weighted by molar-refractivity contribution is 0.0534. The fourth-order valence-corrected chi connectivity index (χ4v) is 3.37. The number of hydroxylamine groups is 1. The van der Waals surface area contributed by atoms with E-state index in [0.717, 1.165) is 36.0 Å². The van der Waals surface area contributed by atoms with Gasteiger partial charge >= 0.3 is 0 Å². The van der Waals surface area contributed by atoms with Gasteiger partial charge in [0.05, 0.1) is 18.2 Å². The molecule has 1 amide bonds. The van der Waals surface area contributed by atoms with Crippen LogP contribution in [0.2, 0.25) is 0 Å². The van der Waals surface area contributed by atoms with Crippen LogP contribution >= 0.6 is 0 Å². The fraction of sp³-hybridized carbons (Fsp3) is 0.348. The smallest absolute Gasteiger partial charge is 0.278 e. The number of carbonyl (C=O) groups is 1. The summed E-state index contributed by atoms with van der Waals surface area (Å²) < 4.78 is 0. The van der Waals surface area contributed by atoms with Crippen LogP contribution in [0.4, 0.5) is 0 Å². The van der Waals surface area contributed by atoms with Crippen LogP contribution in [0.15, 0.2) is 30.8 Å². The van der Waals surface area contributed by atoms with Crippen LogP contribution in [0.1, 0.15) is 60.2 Å². The van der Waals surface area contributed by atoms with Gasteiger partial charge in [0.25, 0.3) is 5.91 Å². The normalized spacial score (nSPS) is 10.7. The predicted molar refractivity (Wildman–Crippen MR) is 112 cm³/mol. The Balaban J connectivity index is 2.73. The quantitative estimate of drug-likeness (QED) is 0.436. The first-order valence-corrected chi connectivity index (χ1v) is 9.49. The molecule has 0 radical (unpaired) electrons. The summed E-state index contributed by atoms with van der Waals surface area (Å²) in [6, 6.07) is 7.28. The van der Waals surface area contributed by atoms with E-state index in [-0.39, 0.29) is 22.6 Å². The Hall–Kier alpha value is -2.79. The molecule has 0 unspecified atom stereocenters. The van der Waals surface area contributed by atoms with Crippen molar-refractivity contribution < 1.29 is 19.8 Å². The maximum atomic E-state index is 12.6. The van der Waals surface area contributed by atoms with E-state index in [4.69, 9.17) is 4.84 Å². The molecule has 0 aliphatic carbocycles. The molecule has 0 heterocycles. The molecule has 3 N–H and O–H groups in total. The largest absolute Gasteiger partial charge is 0.507 e. The molecule has 5 heteroatoms. The van der Waals surface area contributed by atoms with E-state index >= 15 is 0 Å². The third-order valence-corrected chi connectivity index (χ3v) is 4.74. The molecule has 0 saturated carbocycles. The molecule has 0 aliphatic heterocycles. The van der Waals surface area contributed by atoms with Crippen molar-refractivity contribution in [2.75, 3.05) is 7.11 Å². The van der Waals surface area contributed by atoms with Crippen molar-refractivity contribution in [2.24, 2.45) is 0 Å². The molecular formula is C23H29NO4. The number of carbonyl (C=O) groups excluding carboxylic acids is 1. The van der Waals surface area contributed by atoms with Crippen LogP contribution < -0.4 is 5.48 Å². The number of aryl methyl sites for hydroxylation is 2. The monoisotopic (exact) mass is 383 g/mol. The average Bonchev–Trinajstić information content (AvgIpc) is 2.61. The first kappa shape index (κ1) is 21.5. The van der Waals surface area contributed by atoms with Crippen LogP contribution in [0.5, 0.6) is 11.5 Å². The van der Waals surface area contributed by atoms with Gasteiger partial charge in [-0.25, -0.2) is 5.48 Å². The van der Waals surface area contributed by atoms with Crippen molar-refractivity contribution >= 4 is 11.5 Å². The van der Waals surface area contributed by atoms with E-state index in [1.54, 1.807) is 6.07 Å². The molecule has 0 spiro atoms.